The van der Waals surface area contributed by atoms with Gasteiger partial charge in [0.15, 0.2) is 0 Å². The predicted molar refractivity (Wildman–Crippen MR) is 71.0 cm³/mol. The Kier molecular flexibility index (Phi) is 3.28. The number of carbonyl (C=O) groups excluding carboxylic acids is 2. The highest BCUT2D eigenvalue weighted by Gasteiger charge is 2.40. The Balaban J connectivity index is 1.71. The van der Waals surface area contributed by atoms with Gasteiger partial charge >= 0.3 is 0 Å². The van der Waals surface area contributed by atoms with Gasteiger partial charge in [0.2, 0.25) is 5.91 Å². The summed E-state index contributed by atoms with van der Waals surface area (Å²) in [7, 11) is 0. The van der Waals surface area contributed by atoms with Crippen LogP contribution in [0.15, 0.2) is 17.5 Å². The minimum absolute atomic E-state index is 0.0206. The first-order valence-corrected chi connectivity index (χ1v) is 7.36. The van der Waals surface area contributed by atoms with Crippen molar-refractivity contribution < 1.29 is 14.7 Å². The van der Waals surface area contributed by atoms with Crippen molar-refractivity contribution in [2.45, 2.75) is 25.0 Å². The topological polar surface area (TPSA) is 60.9 Å². The van der Waals surface area contributed by atoms with E-state index in [4.69, 9.17) is 0 Å². The highest BCUT2D eigenvalue weighted by atomic mass is 32.1. The number of likely N-dealkylation sites (tertiary alicyclic amines) is 2. The summed E-state index contributed by atoms with van der Waals surface area (Å²) in [6.45, 7) is 1.44. The quantitative estimate of drug-likeness (QED) is 0.861. The van der Waals surface area contributed by atoms with Gasteiger partial charge in [0, 0.05) is 19.6 Å². The minimum Gasteiger partial charge on any atom is -0.389 e. The molecule has 2 fully saturated rings. The number of rotatable bonds is 2. The van der Waals surface area contributed by atoms with Crippen molar-refractivity contribution in [1.29, 1.82) is 0 Å². The minimum atomic E-state index is -0.396. The fraction of sp³-hybridized carbons (Fsp3) is 0.538. The molecule has 6 heteroatoms. The van der Waals surface area contributed by atoms with E-state index in [1.807, 2.05) is 11.4 Å². The highest BCUT2D eigenvalue weighted by molar-refractivity contribution is 7.12. The number of hydrogen-bond donors (Lipinski definition) is 1. The van der Waals surface area contributed by atoms with E-state index in [0.29, 0.717) is 24.5 Å². The van der Waals surface area contributed by atoms with Gasteiger partial charge in [0.25, 0.3) is 5.91 Å². The second-order valence-corrected chi connectivity index (χ2v) is 5.98. The van der Waals surface area contributed by atoms with Crippen molar-refractivity contribution in [1.82, 2.24) is 9.80 Å². The van der Waals surface area contributed by atoms with Crippen LogP contribution in [0.4, 0.5) is 0 Å². The van der Waals surface area contributed by atoms with Gasteiger partial charge in [-0.05, 0) is 24.3 Å². The maximum Gasteiger partial charge on any atom is 0.264 e. The van der Waals surface area contributed by atoms with E-state index in [-0.39, 0.29) is 17.9 Å². The van der Waals surface area contributed by atoms with Crippen LogP contribution < -0.4 is 0 Å². The average molecular weight is 280 g/mol. The molecule has 2 aliphatic rings. The van der Waals surface area contributed by atoms with Crippen molar-refractivity contribution in [3.8, 4) is 0 Å². The average Bonchev–Trinajstić information content (AvgIpc) is 3.03. The molecule has 0 saturated carbocycles. The van der Waals surface area contributed by atoms with E-state index in [9.17, 15) is 14.7 Å². The van der Waals surface area contributed by atoms with Gasteiger partial charge in [0.1, 0.15) is 6.04 Å². The zero-order valence-corrected chi connectivity index (χ0v) is 11.3. The second kappa shape index (κ2) is 4.94. The van der Waals surface area contributed by atoms with Crippen LogP contribution in [-0.4, -0.2) is 58.5 Å². The smallest absolute Gasteiger partial charge is 0.264 e. The van der Waals surface area contributed by atoms with E-state index in [2.05, 4.69) is 0 Å². The van der Waals surface area contributed by atoms with Gasteiger partial charge < -0.3 is 14.9 Å². The summed E-state index contributed by atoms with van der Waals surface area (Å²) in [4.78, 5) is 28.6. The third-order valence-electron chi connectivity index (χ3n) is 3.70. The third-order valence-corrected chi connectivity index (χ3v) is 4.56. The largest absolute Gasteiger partial charge is 0.389 e. The lowest BCUT2D eigenvalue weighted by atomic mass is 10.1. The molecule has 0 spiro atoms. The highest BCUT2D eigenvalue weighted by Crippen LogP contribution is 2.25. The molecule has 0 aromatic carbocycles. The zero-order chi connectivity index (χ0) is 13.4. The number of amides is 2. The first kappa shape index (κ1) is 12.6. The summed E-state index contributed by atoms with van der Waals surface area (Å²) in [6, 6.07) is 3.29. The van der Waals surface area contributed by atoms with Crippen LogP contribution in [0.1, 0.15) is 22.5 Å². The molecule has 2 aliphatic heterocycles. The lowest BCUT2D eigenvalue weighted by molar-refractivity contribution is -0.145. The molecule has 2 amide bonds. The third kappa shape index (κ3) is 2.26. The Bertz CT molecular complexity index is 482. The number of nitrogens with zero attached hydrogens (tertiary/aromatic N) is 2. The number of carbonyl (C=O) groups is 2. The summed E-state index contributed by atoms with van der Waals surface area (Å²) in [5, 5.41) is 11.1. The van der Waals surface area contributed by atoms with Gasteiger partial charge in [-0.2, -0.15) is 0 Å². The van der Waals surface area contributed by atoms with Gasteiger partial charge in [-0.1, -0.05) is 6.07 Å². The molecule has 0 unspecified atom stereocenters. The Morgan fingerprint density at radius 1 is 1.37 bits per heavy atom. The van der Waals surface area contributed by atoms with E-state index < -0.39 is 6.10 Å². The van der Waals surface area contributed by atoms with Crippen LogP contribution in [0.2, 0.25) is 0 Å². The number of β-amino-alcohol motifs (C(OH)–C–C–N with tert-alkyl or cyclic N) is 1. The fourth-order valence-electron chi connectivity index (χ4n) is 2.65. The zero-order valence-electron chi connectivity index (χ0n) is 10.5. The maximum absolute atomic E-state index is 12.3. The van der Waals surface area contributed by atoms with Crippen LogP contribution >= 0.6 is 11.3 Å². The molecule has 3 heterocycles. The lowest BCUT2D eigenvalue weighted by Crippen LogP contribution is -2.58. The first-order chi connectivity index (χ1) is 9.16. The molecule has 1 atom stereocenters. The molecule has 0 radical (unpaired) electrons. The van der Waals surface area contributed by atoms with Crippen LogP contribution in [0, 0.1) is 0 Å². The standard InChI is InChI=1S/C13H16N2O3S/c16-9-7-14(8-9)12(17)10-3-1-5-15(10)13(18)11-4-2-6-19-11/h2,4,6,9-10,16H,1,3,5,7-8H2/t10-/m0/s1. The molecular weight excluding hydrogens is 264 g/mol. The summed E-state index contributed by atoms with van der Waals surface area (Å²) in [5.41, 5.74) is 0. The second-order valence-electron chi connectivity index (χ2n) is 5.03. The molecule has 0 aliphatic carbocycles. The van der Waals surface area contributed by atoms with Crippen molar-refractivity contribution in [3.63, 3.8) is 0 Å². The Morgan fingerprint density at radius 3 is 2.79 bits per heavy atom. The number of aliphatic hydroxyl groups excluding tert-OH is 1. The molecule has 0 bridgehead atoms. The molecule has 3 rings (SSSR count). The van der Waals surface area contributed by atoms with E-state index >= 15 is 0 Å². The summed E-state index contributed by atoms with van der Waals surface area (Å²) in [5.74, 6) is -0.0698. The molecule has 2 saturated heterocycles. The molecular formula is C13H16N2O3S. The van der Waals surface area contributed by atoms with Crippen LogP contribution in [0.25, 0.3) is 0 Å². The summed E-state index contributed by atoms with van der Waals surface area (Å²) < 4.78 is 0. The van der Waals surface area contributed by atoms with Crippen molar-refractivity contribution >= 4 is 23.2 Å². The van der Waals surface area contributed by atoms with Gasteiger partial charge in [-0.15, -0.1) is 11.3 Å². The van der Waals surface area contributed by atoms with E-state index in [0.717, 1.165) is 12.8 Å². The molecule has 1 N–H and O–H groups in total. The van der Waals surface area contributed by atoms with Gasteiger partial charge in [-0.3, -0.25) is 9.59 Å². The number of aliphatic hydroxyl groups is 1. The summed E-state index contributed by atoms with van der Waals surface area (Å²) >= 11 is 1.40. The summed E-state index contributed by atoms with van der Waals surface area (Å²) in [6.07, 6.45) is 1.19. The Morgan fingerprint density at radius 2 is 2.16 bits per heavy atom. The monoisotopic (exact) mass is 280 g/mol. The van der Waals surface area contributed by atoms with Crippen LogP contribution in [0.5, 0.6) is 0 Å². The fourth-order valence-corrected chi connectivity index (χ4v) is 3.33. The SMILES string of the molecule is O=C([C@@H]1CCCN1C(=O)c1cccs1)N1CC(O)C1. The lowest BCUT2D eigenvalue weighted by Gasteiger charge is -2.39. The molecule has 1 aromatic rings. The Hall–Kier alpha value is -1.40. The van der Waals surface area contributed by atoms with Crippen molar-refractivity contribution in [3.05, 3.63) is 22.4 Å². The molecule has 19 heavy (non-hydrogen) atoms. The molecule has 102 valence electrons. The van der Waals surface area contributed by atoms with Crippen LogP contribution in [-0.2, 0) is 4.79 Å². The number of thiophene rings is 1. The van der Waals surface area contributed by atoms with Crippen molar-refractivity contribution in [2.75, 3.05) is 19.6 Å². The first-order valence-electron chi connectivity index (χ1n) is 6.48. The normalized spacial score (nSPS) is 23.5. The Labute approximate surface area is 115 Å². The van der Waals surface area contributed by atoms with E-state index in [1.54, 1.807) is 15.9 Å². The van der Waals surface area contributed by atoms with Crippen LogP contribution in [0.3, 0.4) is 0 Å². The molecule has 1 aromatic heterocycles. The number of hydrogen-bond acceptors (Lipinski definition) is 4. The van der Waals surface area contributed by atoms with Gasteiger partial charge in [0.05, 0.1) is 11.0 Å². The maximum atomic E-state index is 12.3. The van der Waals surface area contributed by atoms with Crippen molar-refractivity contribution in [2.24, 2.45) is 0 Å². The van der Waals surface area contributed by atoms with E-state index in [1.165, 1.54) is 11.3 Å². The predicted octanol–water partition coefficient (Wildman–Crippen LogP) is 0.556. The molecule has 5 nitrogen and oxygen atoms in total. The van der Waals surface area contributed by atoms with Gasteiger partial charge in [-0.25, -0.2) is 0 Å².